The summed E-state index contributed by atoms with van der Waals surface area (Å²) in [5, 5.41) is 0. The largest absolute Gasteiger partial charge is 0.370 e. The van der Waals surface area contributed by atoms with Crippen molar-refractivity contribution in [2.24, 2.45) is 11.5 Å². The lowest BCUT2D eigenvalue weighted by atomic mass is 10.1. The molecule has 4 N–H and O–H groups in total. The molecule has 0 atom stereocenters. The maximum absolute atomic E-state index is 10.3. The average Bonchev–Trinajstić information content (AvgIpc) is 2.09. The number of rotatable bonds is 7. The second-order valence-corrected chi connectivity index (χ2v) is 3.59. The van der Waals surface area contributed by atoms with E-state index < -0.39 is 0 Å². The highest BCUT2D eigenvalue weighted by Crippen LogP contribution is 2.05. The molecule has 0 aromatic rings. The molecule has 0 saturated carbocycles. The molecule has 0 aromatic carbocycles. The molecule has 0 bridgehead atoms. The second-order valence-electron chi connectivity index (χ2n) is 3.59. The summed E-state index contributed by atoms with van der Waals surface area (Å²) in [6, 6.07) is 0. The number of unbranched alkanes of at least 4 members (excludes halogenated alkanes) is 5. The zero-order chi connectivity index (χ0) is 12.1. The van der Waals surface area contributed by atoms with Gasteiger partial charge in [0, 0.05) is 13.3 Å². The Labute approximate surface area is 92.4 Å². The molecular formula is C11H24N2O2. The van der Waals surface area contributed by atoms with Gasteiger partial charge in [-0.2, -0.15) is 0 Å². The van der Waals surface area contributed by atoms with Gasteiger partial charge in [0.05, 0.1) is 0 Å². The van der Waals surface area contributed by atoms with Gasteiger partial charge in [0.25, 0.3) is 0 Å². The van der Waals surface area contributed by atoms with Gasteiger partial charge >= 0.3 is 0 Å². The van der Waals surface area contributed by atoms with Crippen molar-refractivity contribution in [1.82, 2.24) is 0 Å². The summed E-state index contributed by atoms with van der Waals surface area (Å²) in [6.07, 6.45) is 7.83. The Morgan fingerprint density at radius 3 is 1.73 bits per heavy atom. The van der Waals surface area contributed by atoms with E-state index in [0.29, 0.717) is 6.42 Å². The maximum Gasteiger partial charge on any atom is 0.217 e. The zero-order valence-electron chi connectivity index (χ0n) is 9.92. The van der Waals surface area contributed by atoms with Gasteiger partial charge in [-0.1, -0.05) is 39.0 Å². The smallest absolute Gasteiger partial charge is 0.217 e. The predicted octanol–water partition coefficient (Wildman–Crippen LogP) is 1.71. The van der Waals surface area contributed by atoms with Crippen LogP contribution < -0.4 is 11.5 Å². The average molecular weight is 216 g/mol. The molecule has 0 rings (SSSR count). The molecule has 2 amide bonds. The highest BCUT2D eigenvalue weighted by Gasteiger charge is 1.93. The summed E-state index contributed by atoms with van der Waals surface area (Å²) in [5.74, 6) is -0.500. The van der Waals surface area contributed by atoms with E-state index in [1.807, 2.05) is 0 Å². The molecule has 0 heterocycles. The van der Waals surface area contributed by atoms with E-state index in [1.165, 1.54) is 32.6 Å². The van der Waals surface area contributed by atoms with Gasteiger partial charge in [-0.25, -0.2) is 0 Å². The lowest BCUT2D eigenvalue weighted by molar-refractivity contribution is -0.118. The first-order valence-electron chi connectivity index (χ1n) is 5.55. The molecule has 0 saturated heterocycles. The third kappa shape index (κ3) is 32.2. The molecule has 0 aliphatic heterocycles. The van der Waals surface area contributed by atoms with Crippen molar-refractivity contribution in [3.05, 3.63) is 0 Å². The number of nitrogens with two attached hydrogens (primary N) is 2. The van der Waals surface area contributed by atoms with E-state index in [1.54, 1.807) is 0 Å². The van der Waals surface area contributed by atoms with Crippen molar-refractivity contribution in [2.75, 3.05) is 0 Å². The molecule has 4 nitrogen and oxygen atoms in total. The Kier molecular flexibility index (Phi) is 14.1. The zero-order valence-corrected chi connectivity index (χ0v) is 9.92. The number of primary amides is 2. The quantitative estimate of drug-likeness (QED) is 0.635. The maximum atomic E-state index is 10.3. The van der Waals surface area contributed by atoms with Gasteiger partial charge in [-0.15, -0.1) is 0 Å². The normalized spacial score (nSPS) is 8.93. The van der Waals surface area contributed by atoms with Crippen LogP contribution in [0.2, 0.25) is 0 Å². The van der Waals surface area contributed by atoms with Crippen LogP contribution in [0, 0.1) is 0 Å². The van der Waals surface area contributed by atoms with E-state index in [9.17, 15) is 9.59 Å². The van der Waals surface area contributed by atoms with Crippen LogP contribution in [0.25, 0.3) is 0 Å². The summed E-state index contributed by atoms with van der Waals surface area (Å²) in [6.45, 7) is 3.50. The van der Waals surface area contributed by atoms with Crippen molar-refractivity contribution in [3.63, 3.8) is 0 Å². The Morgan fingerprint density at radius 1 is 0.933 bits per heavy atom. The Bertz CT molecular complexity index is 166. The van der Waals surface area contributed by atoms with Crippen LogP contribution in [0.4, 0.5) is 0 Å². The van der Waals surface area contributed by atoms with Gasteiger partial charge in [-0.05, 0) is 6.42 Å². The topological polar surface area (TPSA) is 86.2 Å². The third-order valence-electron chi connectivity index (χ3n) is 1.78. The summed E-state index contributed by atoms with van der Waals surface area (Å²) < 4.78 is 0. The number of amides is 2. The molecule has 90 valence electrons. The lowest BCUT2D eigenvalue weighted by Crippen LogP contribution is -2.09. The number of carbonyl (C=O) groups excluding carboxylic acids is 2. The summed E-state index contributed by atoms with van der Waals surface area (Å²) >= 11 is 0. The number of carbonyl (C=O) groups is 2. The molecule has 15 heavy (non-hydrogen) atoms. The minimum absolute atomic E-state index is 0.166. The molecule has 0 radical (unpaired) electrons. The van der Waals surface area contributed by atoms with Gasteiger partial charge in [0.2, 0.25) is 11.8 Å². The molecule has 0 fully saturated rings. The molecular weight excluding hydrogens is 192 g/mol. The van der Waals surface area contributed by atoms with Crippen LogP contribution in [-0.4, -0.2) is 11.8 Å². The van der Waals surface area contributed by atoms with Crippen molar-refractivity contribution >= 4 is 11.8 Å². The highest BCUT2D eigenvalue weighted by atomic mass is 16.1. The monoisotopic (exact) mass is 216 g/mol. The van der Waals surface area contributed by atoms with Crippen LogP contribution in [-0.2, 0) is 9.59 Å². The van der Waals surface area contributed by atoms with E-state index in [2.05, 4.69) is 12.7 Å². The van der Waals surface area contributed by atoms with Gasteiger partial charge in [0.15, 0.2) is 0 Å². The summed E-state index contributed by atoms with van der Waals surface area (Å²) in [4.78, 5) is 19.5. The first kappa shape index (κ1) is 16.4. The van der Waals surface area contributed by atoms with Crippen molar-refractivity contribution < 1.29 is 9.59 Å². The first-order chi connectivity index (χ1) is 7.00. The van der Waals surface area contributed by atoms with Crippen LogP contribution >= 0.6 is 0 Å². The second kappa shape index (κ2) is 12.9. The molecule has 0 unspecified atom stereocenters. The fourth-order valence-electron chi connectivity index (χ4n) is 1.08. The fraction of sp³-hybridized carbons (Fsp3) is 0.818. The van der Waals surface area contributed by atoms with E-state index in [-0.39, 0.29) is 11.8 Å². The molecule has 0 aliphatic rings. The first-order valence-corrected chi connectivity index (χ1v) is 5.55. The molecule has 4 heteroatoms. The van der Waals surface area contributed by atoms with Gasteiger partial charge < -0.3 is 11.5 Å². The SMILES string of the molecule is CC(N)=O.CCCCCCCCC(N)=O. The number of hydrogen-bond donors (Lipinski definition) is 2. The predicted molar refractivity (Wildman–Crippen MR) is 62.1 cm³/mol. The van der Waals surface area contributed by atoms with E-state index >= 15 is 0 Å². The van der Waals surface area contributed by atoms with Gasteiger partial charge in [0.1, 0.15) is 0 Å². The van der Waals surface area contributed by atoms with E-state index in [0.717, 1.165) is 12.8 Å². The Balaban J connectivity index is 0. The van der Waals surface area contributed by atoms with E-state index in [4.69, 9.17) is 5.73 Å². The fourth-order valence-corrected chi connectivity index (χ4v) is 1.08. The Morgan fingerprint density at radius 2 is 1.33 bits per heavy atom. The molecule has 0 aromatic heterocycles. The van der Waals surface area contributed by atoms with Crippen molar-refractivity contribution in [3.8, 4) is 0 Å². The molecule has 0 aliphatic carbocycles. The number of hydrogen-bond acceptors (Lipinski definition) is 2. The van der Waals surface area contributed by atoms with Crippen LogP contribution in [0.5, 0.6) is 0 Å². The lowest BCUT2D eigenvalue weighted by Gasteiger charge is -1.97. The van der Waals surface area contributed by atoms with Gasteiger partial charge in [-0.3, -0.25) is 9.59 Å². The van der Waals surface area contributed by atoms with Crippen molar-refractivity contribution in [2.45, 2.75) is 58.8 Å². The highest BCUT2D eigenvalue weighted by molar-refractivity contribution is 5.73. The van der Waals surface area contributed by atoms with Crippen LogP contribution in [0.1, 0.15) is 58.8 Å². The summed E-state index contributed by atoms with van der Waals surface area (Å²) in [7, 11) is 0. The Hall–Kier alpha value is -1.06. The van der Waals surface area contributed by atoms with Crippen LogP contribution in [0.3, 0.4) is 0 Å². The third-order valence-corrected chi connectivity index (χ3v) is 1.78. The standard InChI is InChI=1S/C9H19NO.C2H5NO/c1-2-3-4-5-6-7-8-9(10)11;1-2(3)4/h2-8H2,1H3,(H2,10,11);1H3,(H2,3,4). The van der Waals surface area contributed by atoms with Crippen molar-refractivity contribution in [1.29, 1.82) is 0 Å². The molecule has 0 spiro atoms. The van der Waals surface area contributed by atoms with Crippen LogP contribution in [0.15, 0.2) is 0 Å². The minimum Gasteiger partial charge on any atom is -0.370 e. The summed E-state index contributed by atoms with van der Waals surface area (Å²) in [5.41, 5.74) is 9.47. The minimum atomic E-state index is -0.333.